The van der Waals surface area contributed by atoms with E-state index in [0.717, 1.165) is 0 Å². The molecule has 4 nitrogen and oxygen atoms in total. The van der Waals surface area contributed by atoms with Crippen molar-refractivity contribution in [3.05, 3.63) is 21.7 Å². The third-order valence-corrected chi connectivity index (χ3v) is 1.51. The molecule has 0 aliphatic rings. The number of hydrogen-bond acceptors (Lipinski definition) is 3. The minimum atomic E-state index is -0.269. The SMILES string of the molecule is CCc1nc(O)c(C)c(=O)[nH]1. The van der Waals surface area contributed by atoms with Crippen molar-refractivity contribution in [2.75, 3.05) is 0 Å². The maximum absolute atomic E-state index is 11.0. The molecule has 0 aliphatic heterocycles. The molecule has 1 aromatic heterocycles. The largest absolute Gasteiger partial charge is 0.493 e. The Kier molecular flexibility index (Phi) is 1.94. The summed E-state index contributed by atoms with van der Waals surface area (Å²) in [6.45, 7) is 3.38. The predicted molar refractivity (Wildman–Crippen MR) is 40.6 cm³/mol. The van der Waals surface area contributed by atoms with E-state index >= 15 is 0 Å². The molecule has 60 valence electrons. The molecule has 0 bridgehead atoms. The molecule has 4 heteroatoms. The van der Waals surface area contributed by atoms with E-state index in [9.17, 15) is 4.79 Å². The quantitative estimate of drug-likeness (QED) is 0.613. The molecule has 0 aliphatic carbocycles. The van der Waals surface area contributed by atoms with Gasteiger partial charge in [-0.15, -0.1) is 0 Å². The summed E-state index contributed by atoms with van der Waals surface area (Å²) in [6.07, 6.45) is 0.614. The van der Waals surface area contributed by atoms with Gasteiger partial charge >= 0.3 is 0 Å². The van der Waals surface area contributed by atoms with Gasteiger partial charge in [-0.05, 0) is 6.92 Å². The van der Waals surface area contributed by atoms with Gasteiger partial charge in [-0.1, -0.05) is 6.92 Å². The van der Waals surface area contributed by atoms with Crippen LogP contribution in [0.2, 0.25) is 0 Å². The summed E-state index contributed by atoms with van der Waals surface area (Å²) >= 11 is 0. The lowest BCUT2D eigenvalue weighted by molar-refractivity contribution is 0.443. The molecule has 0 radical (unpaired) electrons. The third kappa shape index (κ3) is 1.39. The highest BCUT2D eigenvalue weighted by Crippen LogP contribution is 2.05. The van der Waals surface area contributed by atoms with Gasteiger partial charge < -0.3 is 10.1 Å². The smallest absolute Gasteiger partial charge is 0.257 e. The van der Waals surface area contributed by atoms with Crippen LogP contribution < -0.4 is 5.56 Å². The first-order valence-electron chi connectivity index (χ1n) is 3.44. The number of nitrogens with one attached hydrogen (secondary N) is 1. The Morgan fingerprint density at radius 2 is 2.27 bits per heavy atom. The van der Waals surface area contributed by atoms with Crippen LogP contribution in [0.1, 0.15) is 18.3 Å². The van der Waals surface area contributed by atoms with Gasteiger partial charge in [-0.25, -0.2) is 4.98 Å². The van der Waals surface area contributed by atoms with E-state index < -0.39 is 0 Å². The van der Waals surface area contributed by atoms with Crippen LogP contribution >= 0.6 is 0 Å². The molecule has 1 rings (SSSR count). The second-order valence-corrected chi connectivity index (χ2v) is 2.31. The van der Waals surface area contributed by atoms with E-state index in [4.69, 9.17) is 5.11 Å². The molecule has 0 amide bonds. The molecular weight excluding hydrogens is 144 g/mol. The van der Waals surface area contributed by atoms with Gasteiger partial charge in [0.05, 0.1) is 5.56 Å². The molecule has 0 spiro atoms. The zero-order valence-corrected chi connectivity index (χ0v) is 6.51. The fraction of sp³-hybridized carbons (Fsp3) is 0.429. The minimum absolute atomic E-state index is 0.175. The van der Waals surface area contributed by atoms with Gasteiger partial charge in [0.1, 0.15) is 5.82 Å². The van der Waals surface area contributed by atoms with Crippen LogP contribution in [-0.2, 0) is 6.42 Å². The Hall–Kier alpha value is -1.32. The molecule has 0 unspecified atom stereocenters. The zero-order valence-electron chi connectivity index (χ0n) is 6.51. The Morgan fingerprint density at radius 3 is 2.73 bits per heavy atom. The summed E-state index contributed by atoms with van der Waals surface area (Å²) in [5, 5.41) is 9.08. The Labute approximate surface area is 63.9 Å². The molecule has 0 atom stereocenters. The van der Waals surface area contributed by atoms with Crippen LogP contribution in [0.25, 0.3) is 0 Å². The van der Waals surface area contributed by atoms with Gasteiger partial charge in [-0.2, -0.15) is 0 Å². The molecule has 2 N–H and O–H groups in total. The molecular formula is C7H10N2O2. The van der Waals surface area contributed by atoms with Crippen molar-refractivity contribution in [2.24, 2.45) is 0 Å². The van der Waals surface area contributed by atoms with E-state index in [2.05, 4.69) is 9.97 Å². The fourth-order valence-electron chi connectivity index (χ4n) is 0.733. The standard InChI is InChI=1S/C7H10N2O2/c1-3-5-8-6(10)4(2)7(11)9-5/h3H2,1-2H3,(H2,8,9,10,11). The summed E-state index contributed by atoms with van der Waals surface area (Å²) in [6, 6.07) is 0. The van der Waals surface area contributed by atoms with Gasteiger partial charge in [0.15, 0.2) is 0 Å². The van der Waals surface area contributed by atoms with E-state index in [0.29, 0.717) is 12.2 Å². The maximum atomic E-state index is 11.0. The Bertz CT molecular complexity index is 317. The first kappa shape index (κ1) is 7.78. The van der Waals surface area contributed by atoms with Gasteiger partial charge in [0.25, 0.3) is 5.56 Å². The van der Waals surface area contributed by atoms with Crippen molar-refractivity contribution in [1.82, 2.24) is 9.97 Å². The minimum Gasteiger partial charge on any atom is -0.493 e. The average molecular weight is 154 g/mol. The second kappa shape index (κ2) is 2.74. The number of H-pyrrole nitrogens is 1. The van der Waals surface area contributed by atoms with Crippen LogP contribution in [0.4, 0.5) is 0 Å². The van der Waals surface area contributed by atoms with Crippen LogP contribution in [-0.4, -0.2) is 15.1 Å². The first-order valence-corrected chi connectivity index (χ1v) is 3.44. The topological polar surface area (TPSA) is 66.0 Å². The normalized spacial score (nSPS) is 10.0. The van der Waals surface area contributed by atoms with Crippen LogP contribution in [0.3, 0.4) is 0 Å². The number of aromatic amines is 1. The van der Waals surface area contributed by atoms with Crippen molar-refractivity contribution < 1.29 is 5.11 Å². The zero-order chi connectivity index (χ0) is 8.43. The number of aromatic hydroxyl groups is 1. The van der Waals surface area contributed by atoms with E-state index in [-0.39, 0.29) is 17.0 Å². The van der Waals surface area contributed by atoms with Gasteiger partial charge in [-0.3, -0.25) is 4.79 Å². The third-order valence-electron chi connectivity index (χ3n) is 1.51. The predicted octanol–water partition coefficient (Wildman–Crippen LogP) is 0.346. The molecule has 1 aromatic rings. The number of hydrogen-bond donors (Lipinski definition) is 2. The molecule has 0 aromatic carbocycles. The Balaban J connectivity index is 3.32. The van der Waals surface area contributed by atoms with Crippen molar-refractivity contribution in [1.29, 1.82) is 0 Å². The molecule has 1 heterocycles. The highest BCUT2D eigenvalue weighted by molar-refractivity contribution is 5.19. The van der Waals surface area contributed by atoms with E-state index in [1.165, 1.54) is 6.92 Å². The van der Waals surface area contributed by atoms with Crippen LogP contribution in [0, 0.1) is 6.92 Å². The summed E-state index contributed by atoms with van der Waals surface area (Å²) < 4.78 is 0. The van der Waals surface area contributed by atoms with E-state index in [1.54, 1.807) is 0 Å². The van der Waals surface area contributed by atoms with Crippen molar-refractivity contribution in [3.63, 3.8) is 0 Å². The molecule has 0 fully saturated rings. The Morgan fingerprint density at radius 1 is 1.64 bits per heavy atom. The van der Waals surface area contributed by atoms with Crippen LogP contribution in [0.5, 0.6) is 5.88 Å². The number of nitrogens with zero attached hydrogens (tertiary/aromatic N) is 1. The van der Waals surface area contributed by atoms with Gasteiger partial charge in [0.2, 0.25) is 5.88 Å². The maximum Gasteiger partial charge on any atom is 0.257 e. The lowest BCUT2D eigenvalue weighted by atomic mass is 10.3. The van der Waals surface area contributed by atoms with Crippen LogP contribution in [0.15, 0.2) is 4.79 Å². The summed E-state index contributed by atoms with van der Waals surface area (Å²) in [5.74, 6) is 0.337. The first-order chi connectivity index (χ1) is 5.15. The monoisotopic (exact) mass is 154 g/mol. The number of rotatable bonds is 1. The van der Waals surface area contributed by atoms with Crippen molar-refractivity contribution in [3.8, 4) is 5.88 Å². The van der Waals surface area contributed by atoms with E-state index in [1.807, 2.05) is 6.92 Å². The van der Waals surface area contributed by atoms with Crippen molar-refractivity contribution >= 4 is 0 Å². The van der Waals surface area contributed by atoms with Gasteiger partial charge in [0, 0.05) is 6.42 Å². The molecule has 11 heavy (non-hydrogen) atoms. The molecule has 0 saturated carbocycles. The van der Waals surface area contributed by atoms with Crippen molar-refractivity contribution in [2.45, 2.75) is 20.3 Å². The summed E-state index contributed by atoms with van der Waals surface area (Å²) in [4.78, 5) is 17.3. The summed E-state index contributed by atoms with van der Waals surface area (Å²) in [5.41, 5.74) is -0.00319. The lowest BCUT2D eigenvalue weighted by Crippen LogP contribution is -2.13. The fourth-order valence-corrected chi connectivity index (χ4v) is 0.733. The number of aryl methyl sites for hydroxylation is 1. The lowest BCUT2D eigenvalue weighted by Gasteiger charge is -1.98. The second-order valence-electron chi connectivity index (χ2n) is 2.31. The summed E-state index contributed by atoms with van der Waals surface area (Å²) in [7, 11) is 0. The molecule has 0 saturated heterocycles. The average Bonchev–Trinajstić information content (AvgIpc) is 1.99. The highest BCUT2D eigenvalue weighted by atomic mass is 16.3. The highest BCUT2D eigenvalue weighted by Gasteiger charge is 2.03. The number of aromatic nitrogens is 2.